The van der Waals surface area contributed by atoms with Gasteiger partial charge in [0.1, 0.15) is 0 Å². The number of halogens is 5. The fourth-order valence-electron chi connectivity index (χ4n) is 0.285. The van der Waals surface area contributed by atoms with Gasteiger partial charge in [-0.3, -0.25) is 9.33 Å². The molecule has 2 nitrogen and oxygen atoms in total. The number of carbonyl (C=O) groups excluding carboxylic acids is 1. The second-order valence-corrected chi connectivity index (χ2v) is 2.13. The summed E-state index contributed by atoms with van der Waals surface area (Å²) in [6.07, 6.45) is -5.93. The van der Waals surface area contributed by atoms with Gasteiger partial charge in [0.2, 0.25) is 0 Å². The van der Waals surface area contributed by atoms with Crippen LogP contribution in [0.3, 0.4) is 0 Å². The highest BCUT2D eigenvalue weighted by molar-refractivity contribution is 5.67. The van der Waals surface area contributed by atoms with Crippen LogP contribution < -0.4 is 0 Å². The molecule has 0 saturated heterocycles. The molecule has 0 saturated carbocycles. The van der Waals surface area contributed by atoms with Crippen LogP contribution in [0.2, 0.25) is 0 Å². The molecule has 0 aliphatic heterocycles. The standard InChI is InChI=1S/C4H6F4.C3H5FO2/c5-2-1-3(6)4(7)8;1-2-3(5)6-4/h3-4H,1-2H2;2H2,1H3. The summed E-state index contributed by atoms with van der Waals surface area (Å²) in [5, 5.41) is 0. The Kier molecular flexibility index (Phi) is 11.4. The summed E-state index contributed by atoms with van der Waals surface area (Å²) in [6, 6.07) is 0. The molecular weight excluding hydrogens is 211 g/mol. The fraction of sp³-hybridized carbons (Fsp3) is 0.857. The van der Waals surface area contributed by atoms with Crippen molar-refractivity contribution < 1.29 is 31.8 Å². The molecule has 0 aromatic rings. The van der Waals surface area contributed by atoms with Crippen LogP contribution in [0.15, 0.2) is 0 Å². The highest BCUT2D eigenvalue weighted by Gasteiger charge is 2.17. The van der Waals surface area contributed by atoms with Crippen LogP contribution in [0.1, 0.15) is 19.8 Å². The average molecular weight is 222 g/mol. The monoisotopic (exact) mass is 222 g/mol. The topological polar surface area (TPSA) is 26.3 Å². The second kappa shape index (κ2) is 10.2. The number of carbonyl (C=O) groups is 1. The molecule has 0 aliphatic rings. The van der Waals surface area contributed by atoms with E-state index in [4.69, 9.17) is 0 Å². The third-order valence-electron chi connectivity index (χ3n) is 1.03. The quantitative estimate of drug-likeness (QED) is 0.683. The fourth-order valence-corrected chi connectivity index (χ4v) is 0.285. The molecule has 14 heavy (non-hydrogen) atoms. The molecule has 86 valence electrons. The summed E-state index contributed by atoms with van der Waals surface area (Å²) in [5.41, 5.74) is 0. The van der Waals surface area contributed by atoms with Crippen molar-refractivity contribution >= 4 is 5.97 Å². The van der Waals surface area contributed by atoms with E-state index < -0.39 is 31.7 Å². The number of rotatable bonds is 4. The van der Waals surface area contributed by atoms with E-state index in [1.807, 2.05) is 0 Å². The van der Waals surface area contributed by atoms with E-state index in [2.05, 4.69) is 4.94 Å². The predicted octanol–water partition coefficient (Wildman–Crippen LogP) is 2.77. The van der Waals surface area contributed by atoms with Gasteiger partial charge >= 0.3 is 5.97 Å². The first-order valence-corrected chi connectivity index (χ1v) is 3.79. The van der Waals surface area contributed by atoms with E-state index in [0.717, 1.165) is 0 Å². The second-order valence-electron chi connectivity index (χ2n) is 2.13. The van der Waals surface area contributed by atoms with Crippen LogP contribution in [0, 0.1) is 0 Å². The number of hydrogen-bond acceptors (Lipinski definition) is 2. The zero-order valence-electron chi connectivity index (χ0n) is 7.48. The van der Waals surface area contributed by atoms with Crippen molar-refractivity contribution in [1.29, 1.82) is 0 Å². The van der Waals surface area contributed by atoms with Crippen LogP contribution >= 0.6 is 0 Å². The van der Waals surface area contributed by atoms with Crippen LogP contribution in [0.25, 0.3) is 0 Å². The Bertz CT molecular complexity index is 136. The molecule has 1 unspecified atom stereocenters. The van der Waals surface area contributed by atoms with Crippen molar-refractivity contribution in [2.45, 2.75) is 32.4 Å². The van der Waals surface area contributed by atoms with Crippen LogP contribution in [-0.2, 0) is 9.74 Å². The molecule has 0 aromatic heterocycles. The first-order valence-electron chi connectivity index (χ1n) is 3.79. The summed E-state index contributed by atoms with van der Waals surface area (Å²) in [6.45, 7) is 0.493. The lowest BCUT2D eigenvalue weighted by molar-refractivity contribution is -0.183. The van der Waals surface area contributed by atoms with Crippen LogP contribution in [0.4, 0.5) is 22.1 Å². The molecule has 0 fully saturated rings. The minimum absolute atomic E-state index is 0.0938. The van der Waals surface area contributed by atoms with E-state index in [0.29, 0.717) is 0 Å². The molecule has 0 amide bonds. The number of hydrogen-bond donors (Lipinski definition) is 0. The maximum absolute atomic E-state index is 11.5. The summed E-state index contributed by atoms with van der Waals surface area (Å²) >= 11 is 0. The van der Waals surface area contributed by atoms with E-state index in [1.54, 1.807) is 0 Å². The normalized spacial score (nSPS) is 11.6. The van der Waals surface area contributed by atoms with Gasteiger partial charge in [-0.15, -0.1) is 0 Å². The lowest BCUT2D eigenvalue weighted by Crippen LogP contribution is -2.11. The lowest BCUT2D eigenvalue weighted by atomic mass is 10.3. The van der Waals surface area contributed by atoms with Crippen LogP contribution in [-0.4, -0.2) is 25.2 Å². The molecule has 0 radical (unpaired) electrons. The molecule has 1 atom stereocenters. The van der Waals surface area contributed by atoms with Gasteiger partial charge in [0.15, 0.2) is 6.17 Å². The van der Waals surface area contributed by atoms with Gasteiger partial charge < -0.3 is 0 Å². The van der Waals surface area contributed by atoms with Gasteiger partial charge in [-0.1, -0.05) is 6.92 Å². The van der Waals surface area contributed by atoms with E-state index in [9.17, 15) is 26.9 Å². The molecule has 0 aromatic carbocycles. The van der Waals surface area contributed by atoms with Crippen molar-refractivity contribution in [2.24, 2.45) is 0 Å². The first-order chi connectivity index (χ1) is 6.49. The molecule has 0 heterocycles. The third kappa shape index (κ3) is 11.1. The average Bonchev–Trinajstić information content (AvgIpc) is 2.18. The zero-order chi connectivity index (χ0) is 11.6. The van der Waals surface area contributed by atoms with Gasteiger partial charge in [-0.05, 0) is 0 Å². The van der Waals surface area contributed by atoms with Crippen molar-refractivity contribution in [3.63, 3.8) is 0 Å². The minimum atomic E-state index is -3.04. The molecule has 0 bridgehead atoms. The first kappa shape index (κ1) is 15.6. The third-order valence-corrected chi connectivity index (χ3v) is 1.03. The van der Waals surface area contributed by atoms with Gasteiger partial charge in [-0.25, -0.2) is 18.0 Å². The van der Waals surface area contributed by atoms with E-state index in [1.165, 1.54) is 6.92 Å². The molecule has 7 heteroatoms. The summed E-state index contributed by atoms with van der Waals surface area (Å²) in [7, 11) is 0. The summed E-state index contributed by atoms with van der Waals surface area (Å²) < 4.78 is 55.3. The predicted molar refractivity (Wildman–Crippen MR) is 39.0 cm³/mol. The lowest BCUT2D eigenvalue weighted by Gasteiger charge is -2.00. The highest BCUT2D eigenvalue weighted by atomic mass is 19.3. The Morgan fingerprint density at radius 1 is 1.36 bits per heavy atom. The van der Waals surface area contributed by atoms with Crippen molar-refractivity contribution in [3.8, 4) is 0 Å². The Morgan fingerprint density at radius 3 is 1.93 bits per heavy atom. The maximum atomic E-state index is 11.5. The Labute approximate surface area is 77.9 Å². The van der Waals surface area contributed by atoms with Gasteiger partial charge in [0.05, 0.1) is 6.67 Å². The maximum Gasteiger partial charge on any atom is 0.348 e. The largest absolute Gasteiger partial charge is 0.348 e. The van der Waals surface area contributed by atoms with Gasteiger partial charge in [-0.2, -0.15) is 0 Å². The Hall–Kier alpha value is -0.880. The van der Waals surface area contributed by atoms with Crippen LogP contribution in [0.5, 0.6) is 0 Å². The van der Waals surface area contributed by atoms with E-state index in [-0.39, 0.29) is 6.42 Å². The molecule has 0 aliphatic carbocycles. The molecular formula is C7H11F5O2. The van der Waals surface area contributed by atoms with Crippen molar-refractivity contribution in [2.75, 3.05) is 6.67 Å². The zero-order valence-corrected chi connectivity index (χ0v) is 7.48. The highest BCUT2D eigenvalue weighted by Crippen LogP contribution is 2.08. The molecule has 0 rings (SSSR count). The van der Waals surface area contributed by atoms with Gasteiger partial charge in [0.25, 0.3) is 6.43 Å². The minimum Gasteiger partial charge on any atom is -0.255 e. The molecule has 0 N–H and O–H groups in total. The summed E-state index contributed by atoms with van der Waals surface area (Å²) in [4.78, 5) is 12.3. The Morgan fingerprint density at radius 2 is 1.86 bits per heavy atom. The number of alkyl halides is 4. The smallest absolute Gasteiger partial charge is 0.255 e. The molecule has 0 spiro atoms. The SMILES string of the molecule is CCC(=O)OF.FCCC(F)C(F)F. The summed E-state index contributed by atoms with van der Waals surface area (Å²) in [5.74, 6) is -0.824. The Balaban J connectivity index is 0. The van der Waals surface area contributed by atoms with Gasteiger partial charge in [0, 0.05) is 17.4 Å². The van der Waals surface area contributed by atoms with Crippen molar-refractivity contribution in [3.05, 3.63) is 0 Å². The van der Waals surface area contributed by atoms with E-state index >= 15 is 0 Å². The van der Waals surface area contributed by atoms with Crippen molar-refractivity contribution in [1.82, 2.24) is 0 Å².